The minimum Gasteiger partial charge on any atom is -0.354 e. The van der Waals surface area contributed by atoms with Crippen LogP contribution >= 0.6 is 11.6 Å². The molecule has 0 amide bonds. The summed E-state index contributed by atoms with van der Waals surface area (Å²) in [5, 5.41) is 0.569. The molecule has 0 aromatic carbocycles. The summed E-state index contributed by atoms with van der Waals surface area (Å²) in [6.07, 6.45) is 4.42. The van der Waals surface area contributed by atoms with Crippen molar-refractivity contribution in [1.29, 1.82) is 0 Å². The topological polar surface area (TPSA) is 37.8 Å². The van der Waals surface area contributed by atoms with Gasteiger partial charge in [-0.15, -0.1) is 0 Å². The molecule has 3 aliphatic rings. The minimum absolute atomic E-state index is 0.247. The van der Waals surface area contributed by atoms with Crippen LogP contribution in [0.2, 0.25) is 5.15 Å². The summed E-state index contributed by atoms with van der Waals surface area (Å²) in [4.78, 5) is 9.38. The summed E-state index contributed by atoms with van der Waals surface area (Å²) in [6, 6.07) is 6.51. The van der Waals surface area contributed by atoms with Crippen LogP contribution in [0.25, 0.3) is 0 Å². The van der Waals surface area contributed by atoms with Gasteiger partial charge in [0.05, 0.1) is 13.2 Å². The summed E-state index contributed by atoms with van der Waals surface area (Å²) >= 11 is 6.00. The van der Waals surface area contributed by atoms with Crippen molar-refractivity contribution >= 4 is 17.4 Å². The van der Waals surface area contributed by atoms with Crippen LogP contribution in [0, 0.1) is 0 Å². The fourth-order valence-corrected chi connectivity index (χ4v) is 4.24. The van der Waals surface area contributed by atoms with E-state index in [0.717, 1.165) is 58.1 Å². The van der Waals surface area contributed by atoms with E-state index in [4.69, 9.17) is 21.1 Å². The van der Waals surface area contributed by atoms with Gasteiger partial charge in [-0.05, 0) is 25.0 Å². The highest BCUT2D eigenvalue weighted by Gasteiger charge is 2.41. The van der Waals surface area contributed by atoms with Crippen molar-refractivity contribution in [1.82, 2.24) is 9.88 Å². The zero-order valence-electron chi connectivity index (χ0n) is 13.4. The standard InChI is InChI=1S/C17H24ClN3O2/c18-15-2-1-3-16(19-15)21-10-8-20(9-11-21)14-4-6-17(7-5-14)22-12-13-23-17/h1-3,14H,4-13H2. The van der Waals surface area contributed by atoms with Crippen molar-refractivity contribution in [3.63, 3.8) is 0 Å². The number of halogens is 1. The number of anilines is 1. The Bertz CT molecular complexity index is 532. The van der Waals surface area contributed by atoms with Crippen LogP contribution in [0.3, 0.4) is 0 Å². The Morgan fingerprint density at radius 1 is 1.04 bits per heavy atom. The number of pyridine rings is 1. The lowest BCUT2D eigenvalue weighted by Gasteiger charge is -2.44. The average molecular weight is 338 g/mol. The number of hydrogen-bond acceptors (Lipinski definition) is 5. The highest BCUT2D eigenvalue weighted by molar-refractivity contribution is 6.29. The quantitative estimate of drug-likeness (QED) is 0.775. The van der Waals surface area contributed by atoms with Crippen LogP contribution < -0.4 is 4.90 Å². The normalized spacial score (nSPS) is 26.0. The molecule has 3 heterocycles. The molecule has 4 rings (SSSR count). The summed E-state index contributed by atoms with van der Waals surface area (Å²) in [5.41, 5.74) is 0. The predicted octanol–water partition coefficient (Wildman–Crippen LogP) is 2.54. The van der Waals surface area contributed by atoms with Gasteiger partial charge in [0.2, 0.25) is 0 Å². The number of aromatic nitrogens is 1. The second-order valence-electron chi connectivity index (χ2n) is 6.68. The number of piperazine rings is 1. The molecule has 0 bridgehead atoms. The molecule has 126 valence electrons. The summed E-state index contributed by atoms with van der Waals surface area (Å²) < 4.78 is 11.7. The van der Waals surface area contributed by atoms with Crippen molar-refractivity contribution in [3.8, 4) is 0 Å². The predicted molar refractivity (Wildman–Crippen MR) is 89.9 cm³/mol. The average Bonchev–Trinajstić information content (AvgIpc) is 3.04. The number of hydrogen-bond donors (Lipinski definition) is 0. The Balaban J connectivity index is 1.30. The van der Waals surface area contributed by atoms with Gasteiger partial charge in [-0.25, -0.2) is 4.98 Å². The van der Waals surface area contributed by atoms with Crippen molar-refractivity contribution in [2.45, 2.75) is 37.5 Å². The Morgan fingerprint density at radius 2 is 1.74 bits per heavy atom. The van der Waals surface area contributed by atoms with E-state index in [1.54, 1.807) is 0 Å². The zero-order chi connectivity index (χ0) is 15.7. The highest BCUT2D eigenvalue weighted by Crippen LogP contribution is 2.37. The first-order valence-electron chi connectivity index (χ1n) is 8.64. The maximum atomic E-state index is 6.00. The minimum atomic E-state index is -0.247. The second-order valence-corrected chi connectivity index (χ2v) is 7.07. The maximum absolute atomic E-state index is 6.00. The molecular formula is C17H24ClN3O2. The van der Waals surface area contributed by atoms with Crippen molar-refractivity contribution in [3.05, 3.63) is 23.4 Å². The van der Waals surface area contributed by atoms with Gasteiger partial charge in [-0.3, -0.25) is 4.90 Å². The molecule has 2 saturated heterocycles. The molecule has 0 N–H and O–H groups in total. The third-order valence-corrected chi connectivity index (χ3v) is 5.60. The molecule has 1 aromatic rings. The first-order chi connectivity index (χ1) is 11.2. The largest absolute Gasteiger partial charge is 0.354 e. The molecular weight excluding hydrogens is 314 g/mol. The first kappa shape index (κ1) is 15.6. The molecule has 1 aromatic heterocycles. The van der Waals surface area contributed by atoms with Gasteiger partial charge in [0, 0.05) is 45.1 Å². The molecule has 1 saturated carbocycles. The van der Waals surface area contributed by atoms with Crippen molar-refractivity contribution in [2.75, 3.05) is 44.3 Å². The van der Waals surface area contributed by atoms with Crippen LogP contribution in [0.5, 0.6) is 0 Å². The molecule has 6 heteroatoms. The van der Waals surface area contributed by atoms with Gasteiger partial charge in [-0.2, -0.15) is 0 Å². The van der Waals surface area contributed by atoms with E-state index in [2.05, 4.69) is 14.8 Å². The molecule has 23 heavy (non-hydrogen) atoms. The monoisotopic (exact) mass is 337 g/mol. The van der Waals surface area contributed by atoms with Gasteiger partial charge < -0.3 is 14.4 Å². The third kappa shape index (κ3) is 3.33. The fraction of sp³-hybridized carbons (Fsp3) is 0.706. The molecule has 5 nitrogen and oxygen atoms in total. The number of ether oxygens (including phenoxy) is 2. The lowest BCUT2D eigenvalue weighted by Crippen LogP contribution is -2.52. The first-order valence-corrected chi connectivity index (χ1v) is 9.01. The van der Waals surface area contributed by atoms with E-state index in [9.17, 15) is 0 Å². The molecule has 1 aliphatic carbocycles. The van der Waals surface area contributed by atoms with Crippen molar-refractivity contribution in [2.24, 2.45) is 0 Å². The lowest BCUT2D eigenvalue weighted by molar-refractivity contribution is -0.184. The van der Waals surface area contributed by atoms with Crippen LogP contribution in [0.15, 0.2) is 18.2 Å². The summed E-state index contributed by atoms with van der Waals surface area (Å²) in [6.45, 7) is 5.73. The van der Waals surface area contributed by atoms with E-state index in [0.29, 0.717) is 11.2 Å². The Kier molecular flexibility index (Phi) is 4.46. The molecule has 0 unspecified atom stereocenters. The Hall–Kier alpha value is -0.880. The van der Waals surface area contributed by atoms with Gasteiger partial charge >= 0.3 is 0 Å². The van der Waals surface area contributed by atoms with Gasteiger partial charge in [0.15, 0.2) is 5.79 Å². The third-order valence-electron chi connectivity index (χ3n) is 5.39. The fourth-order valence-electron chi connectivity index (χ4n) is 4.08. The van der Waals surface area contributed by atoms with Crippen LogP contribution in [-0.4, -0.2) is 61.1 Å². The van der Waals surface area contributed by atoms with E-state index >= 15 is 0 Å². The maximum Gasteiger partial charge on any atom is 0.168 e. The van der Waals surface area contributed by atoms with Crippen molar-refractivity contribution < 1.29 is 9.47 Å². The van der Waals surface area contributed by atoms with E-state index < -0.39 is 0 Å². The summed E-state index contributed by atoms with van der Waals surface area (Å²) in [5.74, 6) is 0.746. The molecule has 3 fully saturated rings. The van der Waals surface area contributed by atoms with E-state index in [-0.39, 0.29) is 5.79 Å². The molecule has 0 radical (unpaired) electrons. The zero-order valence-corrected chi connectivity index (χ0v) is 14.2. The SMILES string of the molecule is Clc1cccc(N2CCN(C3CCC4(CC3)OCCO4)CC2)n1. The highest BCUT2D eigenvalue weighted by atomic mass is 35.5. The summed E-state index contributed by atoms with van der Waals surface area (Å²) in [7, 11) is 0. The number of nitrogens with zero attached hydrogens (tertiary/aromatic N) is 3. The molecule has 2 aliphatic heterocycles. The second kappa shape index (κ2) is 6.55. The van der Waals surface area contributed by atoms with Crippen LogP contribution in [-0.2, 0) is 9.47 Å². The Morgan fingerprint density at radius 3 is 2.39 bits per heavy atom. The molecule has 1 spiro atoms. The molecule has 0 atom stereocenters. The lowest BCUT2D eigenvalue weighted by atomic mass is 9.89. The Labute approximate surface area is 142 Å². The smallest absolute Gasteiger partial charge is 0.168 e. The number of rotatable bonds is 2. The van der Waals surface area contributed by atoms with Gasteiger partial charge in [-0.1, -0.05) is 17.7 Å². The van der Waals surface area contributed by atoms with Crippen LogP contribution in [0.1, 0.15) is 25.7 Å². The van der Waals surface area contributed by atoms with Gasteiger partial charge in [0.1, 0.15) is 11.0 Å². The van der Waals surface area contributed by atoms with E-state index in [1.165, 1.54) is 12.8 Å². The van der Waals surface area contributed by atoms with Crippen LogP contribution in [0.4, 0.5) is 5.82 Å². The van der Waals surface area contributed by atoms with E-state index in [1.807, 2.05) is 18.2 Å². The van der Waals surface area contributed by atoms with Gasteiger partial charge in [0.25, 0.3) is 0 Å².